The van der Waals surface area contributed by atoms with E-state index in [4.69, 9.17) is 5.11 Å². The van der Waals surface area contributed by atoms with Crippen LogP contribution in [0.15, 0.2) is 23.1 Å². The molecule has 5 nitrogen and oxygen atoms in total. The van der Waals surface area contributed by atoms with Crippen molar-refractivity contribution in [3.05, 3.63) is 29.8 Å². The number of carboxylic acids is 1. The smallest absolute Gasteiger partial charge is 0.327 e. The summed E-state index contributed by atoms with van der Waals surface area (Å²) in [6.07, 6.45) is 0. The van der Waals surface area contributed by atoms with Crippen LogP contribution in [0.5, 0.6) is 0 Å². The van der Waals surface area contributed by atoms with Crippen LogP contribution in [0.4, 0.5) is 8.78 Å². The van der Waals surface area contributed by atoms with Gasteiger partial charge in [0.25, 0.3) is 0 Å². The highest BCUT2D eigenvalue weighted by molar-refractivity contribution is 7.85. The lowest BCUT2D eigenvalue weighted by molar-refractivity contribution is -0.140. The predicted molar refractivity (Wildman–Crippen MR) is 62.9 cm³/mol. The molecular weight excluding hydrogens is 280 g/mol. The van der Waals surface area contributed by atoms with E-state index in [2.05, 4.69) is 5.32 Å². The highest BCUT2D eigenvalue weighted by Crippen LogP contribution is 2.15. The molecule has 0 aliphatic carbocycles. The Labute approximate surface area is 110 Å². The van der Waals surface area contributed by atoms with Gasteiger partial charge in [0.2, 0.25) is 5.91 Å². The van der Waals surface area contributed by atoms with Crippen LogP contribution >= 0.6 is 0 Å². The van der Waals surface area contributed by atoms with Crippen molar-refractivity contribution >= 4 is 22.7 Å². The fourth-order valence-electron chi connectivity index (χ4n) is 1.31. The quantitative estimate of drug-likeness (QED) is 0.835. The minimum Gasteiger partial charge on any atom is -0.480 e. The van der Waals surface area contributed by atoms with Crippen molar-refractivity contribution < 1.29 is 27.7 Å². The Morgan fingerprint density at radius 1 is 1.42 bits per heavy atom. The van der Waals surface area contributed by atoms with E-state index in [9.17, 15) is 22.6 Å². The van der Waals surface area contributed by atoms with E-state index in [0.29, 0.717) is 0 Å². The standard InChI is InChI=1S/C11H11F2NO4S/c1-6(15)14-9(11(16)17)5-19(18)10-4-7(12)2-3-8(10)13/h2-4,9H,5H2,1H3,(H,14,15)(H,16,17). The number of carbonyl (C=O) groups is 2. The zero-order valence-electron chi connectivity index (χ0n) is 9.85. The molecule has 0 fully saturated rings. The number of carboxylic acid groups (broad SMARTS) is 1. The van der Waals surface area contributed by atoms with E-state index in [0.717, 1.165) is 25.1 Å². The van der Waals surface area contributed by atoms with Gasteiger partial charge in [-0.25, -0.2) is 13.6 Å². The van der Waals surface area contributed by atoms with E-state index < -0.39 is 51.0 Å². The maximum Gasteiger partial charge on any atom is 0.327 e. The summed E-state index contributed by atoms with van der Waals surface area (Å²) in [5, 5.41) is 10.9. The number of amides is 1. The molecular formula is C11H11F2NO4S. The molecule has 2 unspecified atom stereocenters. The third-order valence-electron chi connectivity index (χ3n) is 2.13. The molecule has 0 spiro atoms. The first-order valence-electron chi connectivity index (χ1n) is 5.14. The predicted octanol–water partition coefficient (Wildman–Crippen LogP) is 0.662. The second kappa shape index (κ2) is 6.37. The molecule has 0 aromatic heterocycles. The van der Waals surface area contributed by atoms with Gasteiger partial charge in [-0.2, -0.15) is 0 Å². The van der Waals surface area contributed by atoms with E-state index in [1.165, 1.54) is 0 Å². The SMILES string of the molecule is CC(=O)NC(CS(=O)c1cc(F)ccc1F)C(=O)O. The van der Waals surface area contributed by atoms with E-state index >= 15 is 0 Å². The number of carbonyl (C=O) groups excluding carboxylic acids is 1. The molecule has 0 aliphatic rings. The Morgan fingerprint density at radius 3 is 2.58 bits per heavy atom. The van der Waals surface area contributed by atoms with Crippen molar-refractivity contribution in [2.24, 2.45) is 0 Å². The molecule has 2 atom stereocenters. The van der Waals surface area contributed by atoms with Gasteiger partial charge in [0, 0.05) is 6.92 Å². The second-order valence-electron chi connectivity index (χ2n) is 3.68. The van der Waals surface area contributed by atoms with Gasteiger partial charge in [-0.3, -0.25) is 9.00 Å². The molecule has 0 heterocycles. The number of hydrogen-bond acceptors (Lipinski definition) is 3. The van der Waals surface area contributed by atoms with E-state index in [1.807, 2.05) is 0 Å². The molecule has 1 aromatic carbocycles. The average Bonchev–Trinajstić information content (AvgIpc) is 2.30. The summed E-state index contributed by atoms with van der Waals surface area (Å²) < 4.78 is 38.1. The van der Waals surface area contributed by atoms with Crippen LogP contribution in [-0.2, 0) is 20.4 Å². The Bertz CT molecular complexity index is 535. The minimum absolute atomic E-state index is 0.434. The molecule has 19 heavy (non-hydrogen) atoms. The van der Waals surface area contributed by atoms with Crippen molar-refractivity contribution in [2.75, 3.05) is 5.75 Å². The van der Waals surface area contributed by atoms with E-state index in [1.54, 1.807) is 0 Å². The normalized spacial score (nSPS) is 13.6. The van der Waals surface area contributed by atoms with Crippen LogP contribution in [0.2, 0.25) is 0 Å². The zero-order chi connectivity index (χ0) is 14.6. The van der Waals surface area contributed by atoms with Crippen LogP contribution in [0.25, 0.3) is 0 Å². The fourth-order valence-corrected chi connectivity index (χ4v) is 2.55. The summed E-state index contributed by atoms with van der Waals surface area (Å²) in [7, 11) is -2.08. The average molecular weight is 291 g/mol. The van der Waals surface area contributed by atoms with Crippen LogP contribution in [0, 0.1) is 11.6 Å². The number of nitrogens with one attached hydrogen (secondary N) is 1. The first kappa shape index (κ1) is 15.2. The maximum absolute atomic E-state index is 13.3. The number of halogens is 2. The molecule has 0 bridgehead atoms. The fraction of sp³-hybridized carbons (Fsp3) is 0.273. The van der Waals surface area contributed by atoms with Gasteiger partial charge in [0.15, 0.2) is 0 Å². The molecule has 1 rings (SSSR count). The molecule has 1 amide bonds. The van der Waals surface area contributed by atoms with Crippen LogP contribution in [0.3, 0.4) is 0 Å². The number of aliphatic carboxylic acids is 1. The lowest BCUT2D eigenvalue weighted by Crippen LogP contribution is -2.43. The van der Waals surface area contributed by atoms with Crippen LogP contribution in [0.1, 0.15) is 6.92 Å². The van der Waals surface area contributed by atoms with Crippen LogP contribution < -0.4 is 5.32 Å². The maximum atomic E-state index is 13.3. The molecule has 0 radical (unpaired) electrons. The van der Waals surface area contributed by atoms with Crippen molar-refractivity contribution in [1.82, 2.24) is 5.32 Å². The molecule has 2 N–H and O–H groups in total. The molecule has 1 aromatic rings. The number of benzene rings is 1. The summed E-state index contributed by atoms with van der Waals surface area (Å²) in [6, 6.07) is 0.967. The van der Waals surface area contributed by atoms with Gasteiger partial charge in [0.05, 0.1) is 21.4 Å². The van der Waals surface area contributed by atoms with Gasteiger partial charge >= 0.3 is 5.97 Å². The highest BCUT2D eigenvalue weighted by Gasteiger charge is 2.23. The minimum atomic E-state index is -2.08. The Morgan fingerprint density at radius 2 is 2.05 bits per heavy atom. The van der Waals surface area contributed by atoms with Gasteiger partial charge in [-0.1, -0.05) is 0 Å². The topological polar surface area (TPSA) is 83.5 Å². The second-order valence-corrected chi connectivity index (χ2v) is 5.14. The number of hydrogen-bond donors (Lipinski definition) is 2. The lowest BCUT2D eigenvalue weighted by atomic mass is 10.3. The van der Waals surface area contributed by atoms with Crippen molar-refractivity contribution in [3.8, 4) is 0 Å². The molecule has 0 saturated carbocycles. The Hall–Kier alpha value is -1.83. The van der Waals surface area contributed by atoms with Gasteiger partial charge < -0.3 is 10.4 Å². The van der Waals surface area contributed by atoms with Gasteiger partial charge in [0.1, 0.15) is 17.7 Å². The summed E-state index contributed by atoms with van der Waals surface area (Å²) in [6.45, 7) is 1.10. The first-order chi connectivity index (χ1) is 8.81. The third kappa shape index (κ3) is 4.40. The monoisotopic (exact) mass is 291 g/mol. The molecule has 104 valence electrons. The molecule has 0 saturated heterocycles. The molecule has 8 heteroatoms. The summed E-state index contributed by atoms with van der Waals surface area (Å²) in [4.78, 5) is 21.2. The van der Waals surface area contributed by atoms with E-state index in [-0.39, 0.29) is 0 Å². The first-order valence-corrected chi connectivity index (χ1v) is 6.46. The molecule has 0 aliphatic heterocycles. The zero-order valence-corrected chi connectivity index (χ0v) is 10.7. The summed E-state index contributed by atoms with van der Waals surface area (Å²) in [5.41, 5.74) is 0. The van der Waals surface area contributed by atoms with Gasteiger partial charge in [-0.15, -0.1) is 0 Å². The Kier molecular flexibility index (Phi) is 5.11. The highest BCUT2D eigenvalue weighted by atomic mass is 32.2. The Balaban J connectivity index is 2.90. The van der Waals surface area contributed by atoms with Crippen LogP contribution in [-0.4, -0.2) is 33.0 Å². The van der Waals surface area contributed by atoms with Crippen molar-refractivity contribution in [1.29, 1.82) is 0 Å². The lowest BCUT2D eigenvalue weighted by Gasteiger charge is -2.13. The largest absolute Gasteiger partial charge is 0.480 e. The van der Waals surface area contributed by atoms with Gasteiger partial charge in [-0.05, 0) is 18.2 Å². The van der Waals surface area contributed by atoms with Crippen molar-refractivity contribution in [2.45, 2.75) is 17.9 Å². The summed E-state index contributed by atoms with van der Waals surface area (Å²) in [5.74, 6) is -4.25. The van der Waals surface area contributed by atoms with Crippen molar-refractivity contribution in [3.63, 3.8) is 0 Å². The third-order valence-corrected chi connectivity index (χ3v) is 3.57. The number of rotatable bonds is 5. The summed E-state index contributed by atoms with van der Waals surface area (Å²) >= 11 is 0.